The fraction of sp³-hybridized carbons (Fsp3) is 0.556. The van der Waals surface area contributed by atoms with Crippen molar-refractivity contribution in [2.75, 3.05) is 24.6 Å². The molecule has 4 nitrogen and oxygen atoms in total. The molecule has 1 atom stereocenters. The fourth-order valence-electron chi connectivity index (χ4n) is 3.87. The lowest BCUT2D eigenvalue weighted by Crippen LogP contribution is -2.38. The van der Waals surface area contributed by atoms with Crippen LogP contribution in [0.5, 0.6) is 0 Å². The molecule has 22 heavy (non-hydrogen) atoms. The van der Waals surface area contributed by atoms with Gasteiger partial charge < -0.3 is 9.64 Å². The molecule has 3 heterocycles. The van der Waals surface area contributed by atoms with Gasteiger partial charge in [-0.15, -0.1) is 0 Å². The number of hydrogen-bond acceptors (Lipinski definition) is 4. The van der Waals surface area contributed by atoms with E-state index in [-0.39, 0.29) is 0 Å². The molecule has 2 fully saturated rings. The average molecular weight is 297 g/mol. The standard InChI is InChI=1S/C18H23N3O/c1-13-4-5-16-15(11-13)18(20-12-19-16)21-8-6-14(7-9-21)17-3-2-10-22-17/h4-5,11-12,14,17H,2-3,6-10H2,1H3. The van der Waals surface area contributed by atoms with Crippen molar-refractivity contribution < 1.29 is 4.74 Å². The third-order valence-corrected chi connectivity index (χ3v) is 5.10. The molecule has 2 aliphatic rings. The summed E-state index contributed by atoms with van der Waals surface area (Å²) < 4.78 is 5.88. The number of piperidine rings is 1. The van der Waals surface area contributed by atoms with Crippen molar-refractivity contribution in [1.82, 2.24) is 9.97 Å². The largest absolute Gasteiger partial charge is 0.378 e. The summed E-state index contributed by atoms with van der Waals surface area (Å²) in [5.41, 5.74) is 2.30. The fourth-order valence-corrected chi connectivity index (χ4v) is 3.87. The second kappa shape index (κ2) is 5.84. The van der Waals surface area contributed by atoms with Crippen LogP contribution >= 0.6 is 0 Å². The summed E-state index contributed by atoms with van der Waals surface area (Å²) in [6, 6.07) is 6.41. The van der Waals surface area contributed by atoms with Crippen molar-refractivity contribution in [2.45, 2.75) is 38.7 Å². The second-order valence-electron chi connectivity index (χ2n) is 6.59. The molecule has 0 spiro atoms. The predicted molar refractivity (Wildman–Crippen MR) is 88.2 cm³/mol. The maximum atomic E-state index is 5.88. The maximum Gasteiger partial charge on any atom is 0.139 e. The van der Waals surface area contributed by atoms with Gasteiger partial charge in [0, 0.05) is 25.1 Å². The molecule has 2 aliphatic heterocycles. The van der Waals surface area contributed by atoms with Gasteiger partial charge in [-0.1, -0.05) is 11.6 Å². The Morgan fingerprint density at radius 1 is 1.14 bits per heavy atom. The highest BCUT2D eigenvalue weighted by Crippen LogP contribution is 2.32. The SMILES string of the molecule is Cc1ccc2ncnc(N3CCC(C4CCCO4)CC3)c2c1. The Hall–Kier alpha value is -1.68. The Labute approximate surface area is 131 Å². The van der Waals surface area contributed by atoms with Crippen LogP contribution in [0, 0.1) is 12.8 Å². The van der Waals surface area contributed by atoms with E-state index in [1.54, 1.807) is 6.33 Å². The summed E-state index contributed by atoms with van der Waals surface area (Å²) in [7, 11) is 0. The molecule has 0 amide bonds. The molecule has 4 rings (SSSR count). The molecule has 2 saturated heterocycles. The first-order valence-corrected chi connectivity index (χ1v) is 8.39. The number of anilines is 1. The van der Waals surface area contributed by atoms with Crippen molar-refractivity contribution in [2.24, 2.45) is 5.92 Å². The summed E-state index contributed by atoms with van der Waals surface area (Å²) >= 11 is 0. The average Bonchev–Trinajstić information content (AvgIpc) is 3.09. The lowest BCUT2D eigenvalue weighted by Gasteiger charge is -2.35. The molecule has 1 aromatic carbocycles. The Balaban J connectivity index is 1.55. The minimum Gasteiger partial charge on any atom is -0.378 e. The smallest absolute Gasteiger partial charge is 0.139 e. The highest BCUT2D eigenvalue weighted by Gasteiger charge is 2.30. The van der Waals surface area contributed by atoms with Crippen LogP contribution in [-0.4, -0.2) is 35.8 Å². The van der Waals surface area contributed by atoms with Gasteiger partial charge in [-0.2, -0.15) is 0 Å². The van der Waals surface area contributed by atoms with E-state index in [1.165, 1.54) is 36.6 Å². The first kappa shape index (κ1) is 13.9. The van der Waals surface area contributed by atoms with Crippen LogP contribution < -0.4 is 4.90 Å². The molecule has 0 aliphatic carbocycles. The lowest BCUT2D eigenvalue weighted by molar-refractivity contribution is 0.0531. The van der Waals surface area contributed by atoms with Crippen molar-refractivity contribution in [3.63, 3.8) is 0 Å². The third-order valence-electron chi connectivity index (χ3n) is 5.10. The molecule has 0 saturated carbocycles. The predicted octanol–water partition coefficient (Wildman–Crippen LogP) is 3.33. The molecule has 0 radical (unpaired) electrons. The highest BCUT2D eigenvalue weighted by atomic mass is 16.5. The van der Waals surface area contributed by atoms with Crippen molar-refractivity contribution in [3.05, 3.63) is 30.1 Å². The summed E-state index contributed by atoms with van der Waals surface area (Å²) in [6.45, 7) is 5.23. The summed E-state index contributed by atoms with van der Waals surface area (Å²) in [5, 5.41) is 1.18. The number of rotatable bonds is 2. The van der Waals surface area contributed by atoms with Gasteiger partial charge in [0.15, 0.2) is 0 Å². The van der Waals surface area contributed by atoms with Gasteiger partial charge in [0.25, 0.3) is 0 Å². The van der Waals surface area contributed by atoms with Crippen LogP contribution in [0.15, 0.2) is 24.5 Å². The Morgan fingerprint density at radius 2 is 2.00 bits per heavy atom. The van der Waals surface area contributed by atoms with E-state index in [9.17, 15) is 0 Å². The molecule has 0 bridgehead atoms. The number of aromatic nitrogens is 2. The number of hydrogen-bond donors (Lipinski definition) is 0. The Kier molecular flexibility index (Phi) is 3.70. The minimum atomic E-state index is 0.506. The molecule has 0 N–H and O–H groups in total. The number of fused-ring (bicyclic) bond motifs is 1. The van der Waals surface area contributed by atoms with Gasteiger partial charge in [-0.25, -0.2) is 9.97 Å². The first-order chi connectivity index (χ1) is 10.8. The Morgan fingerprint density at radius 3 is 2.77 bits per heavy atom. The molecule has 1 aromatic heterocycles. The zero-order chi connectivity index (χ0) is 14.9. The molecule has 4 heteroatoms. The van der Waals surface area contributed by atoms with E-state index in [2.05, 4.69) is 40.0 Å². The van der Waals surface area contributed by atoms with Crippen LogP contribution in [0.3, 0.4) is 0 Å². The van der Waals surface area contributed by atoms with Gasteiger partial charge in [0.05, 0.1) is 11.6 Å². The number of ether oxygens (including phenoxy) is 1. The van der Waals surface area contributed by atoms with Gasteiger partial charge >= 0.3 is 0 Å². The molecular formula is C18H23N3O. The molecule has 2 aromatic rings. The molecule has 116 valence electrons. The number of aryl methyl sites for hydroxylation is 1. The topological polar surface area (TPSA) is 38.2 Å². The van der Waals surface area contributed by atoms with Crippen LogP contribution in [-0.2, 0) is 4.74 Å². The van der Waals surface area contributed by atoms with E-state index in [1.807, 2.05) is 0 Å². The molecule has 1 unspecified atom stereocenters. The van der Waals surface area contributed by atoms with Gasteiger partial charge in [0.1, 0.15) is 12.1 Å². The van der Waals surface area contributed by atoms with Gasteiger partial charge in [-0.3, -0.25) is 0 Å². The van der Waals surface area contributed by atoms with Crippen molar-refractivity contribution >= 4 is 16.7 Å². The summed E-state index contributed by atoms with van der Waals surface area (Å²) in [5.74, 6) is 1.83. The summed E-state index contributed by atoms with van der Waals surface area (Å²) in [6.07, 6.45) is 7.11. The van der Waals surface area contributed by atoms with Crippen molar-refractivity contribution in [1.29, 1.82) is 0 Å². The van der Waals surface area contributed by atoms with E-state index >= 15 is 0 Å². The maximum absolute atomic E-state index is 5.88. The van der Waals surface area contributed by atoms with Gasteiger partial charge in [-0.05, 0) is 50.7 Å². The van der Waals surface area contributed by atoms with Crippen LogP contribution in [0.25, 0.3) is 10.9 Å². The zero-order valence-electron chi connectivity index (χ0n) is 13.2. The van der Waals surface area contributed by atoms with Gasteiger partial charge in [0.2, 0.25) is 0 Å². The lowest BCUT2D eigenvalue weighted by atomic mass is 9.89. The number of benzene rings is 1. The summed E-state index contributed by atoms with van der Waals surface area (Å²) in [4.78, 5) is 11.4. The van der Waals surface area contributed by atoms with Crippen LogP contribution in [0.1, 0.15) is 31.2 Å². The zero-order valence-corrected chi connectivity index (χ0v) is 13.2. The van der Waals surface area contributed by atoms with E-state index < -0.39 is 0 Å². The highest BCUT2D eigenvalue weighted by molar-refractivity contribution is 5.89. The van der Waals surface area contributed by atoms with Crippen LogP contribution in [0.2, 0.25) is 0 Å². The first-order valence-electron chi connectivity index (χ1n) is 8.39. The quantitative estimate of drug-likeness (QED) is 0.852. The monoisotopic (exact) mass is 297 g/mol. The normalized spacial score (nSPS) is 23.3. The Bertz CT molecular complexity index is 658. The van der Waals surface area contributed by atoms with E-state index in [4.69, 9.17) is 4.74 Å². The van der Waals surface area contributed by atoms with E-state index in [0.29, 0.717) is 6.10 Å². The minimum absolute atomic E-state index is 0.506. The van der Waals surface area contributed by atoms with E-state index in [0.717, 1.165) is 36.9 Å². The van der Waals surface area contributed by atoms with Crippen LogP contribution in [0.4, 0.5) is 5.82 Å². The third kappa shape index (κ3) is 2.56. The van der Waals surface area contributed by atoms with Crippen molar-refractivity contribution in [3.8, 4) is 0 Å². The molecular weight excluding hydrogens is 274 g/mol. The number of nitrogens with zero attached hydrogens (tertiary/aromatic N) is 3. The second-order valence-corrected chi connectivity index (χ2v) is 6.59.